The summed E-state index contributed by atoms with van der Waals surface area (Å²) in [4.78, 5) is 12.7. The van der Waals surface area contributed by atoms with Gasteiger partial charge in [-0.05, 0) is 49.7 Å². The topological polar surface area (TPSA) is 26.3 Å². The van der Waals surface area contributed by atoms with Crippen LogP contribution in [0.15, 0.2) is 12.1 Å². The maximum absolute atomic E-state index is 14.5. The van der Waals surface area contributed by atoms with E-state index in [2.05, 4.69) is 13.8 Å². The minimum absolute atomic E-state index is 0.00600. The first kappa shape index (κ1) is 25.8. The minimum Gasteiger partial charge on any atom is -0.490 e. The van der Waals surface area contributed by atoms with E-state index in [-0.39, 0.29) is 29.4 Å². The highest BCUT2D eigenvalue weighted by atomic mass is 19.2. The molecule has 31 heavy (non-hydrogen) atoms. The second-order valence-corrected chi connectivity index (χ2v) is 9.32. The highest BCUT2D eigenvalue weighted by molar-refractivity contribution is 5.83. The summed E-state index contributed by atoms with van der Waals surface area (Å²) in [5, 5.41) is 0. The molecule has 0 unspecified atom stereocenters. The number of ketones is 1. The number of benzene rings is 1. The molecule has 0 atom stereocenters. The van der Waals surface area contributed by atoms with Crippen LogP contribution in [-0.4, -0.2) is 12.4 Å². The molecule has 0 bridgehead atoms. The second kappa shape index (κ2) is 14.6. The van der Waals surface area contributed by atoms with E-state index in [4.69, 9.17) is 4.74 Å². The van der Waals surface area contributed by atoms with E-state index in [9.17, 15) is 13.6 Å². The van der Waals surface area contributed by atoms with Gasteiger partial charge in [0.1, 0.15) is 5.78 Å². The van der Waals surface area contributed by atoms with Gasteiger partial charge in [0.05, 0.1) is 6.61 Å². The zero-order valence-electron chi connectivity index (χ0n) is 19.7. The molecule has 0 aromatic heterocycles. The van der Waals surface area contributed by atoms with Gasteiger partial charge in [0.15, 0.2) is 11.6 Å². The Hall–Kier alpha value is -1.45. The molecule has 1 aliphatic rings. The number of hydrogen-bond donors (Lipinski definition) is 0. The van der Waals surface area contributed by atoms with E-state index >= 15 is 0 Å². The van der Waals surface area contributed by atoms with Crippen molar-refractivity contribution in [3.63, 3.8) is 0 Å². The fraction of sp³-hybridized carbons (Fsp3) is 0.741. The zero-order valence-corrected chi connectivity index (χ0v) is 19.7. The van der Waals surface area contributed by atoms with Crippen LogP contribution in [0.25, 0.3) is 0 Å². The largest absolute Gasteiger partial charge is 0.490 e. The van der Waals surface area contributed by atoms with Crippen molar-refractivity contribution in [2.75, 3.05) is 6.61 Å². The fourth-order valence-corrected chi connectivity index (χ4v) is 4.67. The molecule has 176 valence electrons. The maximum Gasteiger partial charge on any atom is 0.200 e. The van der Waals surface area contributed by atoms with Gasteiger partial charge in [0.2, 0.25) is 5.82 Å². The van der Waals surface area contributed by atoms with E-state index in [0.29, 0.717) is 6.61 Å². The average Bonchev–Trinajstić information content (AvgIpc) is 2.78. The van der Waals surface area contributed by atoms with Gasteiger partial charge in [-0.2, -0.15) is 4.39 Å². The number of carbonyl (C=O) groups excluding carboxylic acids is 1. The van der Waals surface area contributed by atoms with Crippen molar-refractivity contribution in [3.8, 4) is 5.75 Å². The molecule has 1 aromatic carbocycles. The van der Waals surface area contributed by atoms with Gasteiger partial charge < -0.3 is 4.74 Å². The van der Waals surface area contributed by atoms with Crippen LogP contribution in [0.1, 0.15) is 109 Å². The van der Waals surface area contributed by atoms with Crippen LogP contribution in [0.3, 0.4) is 0 Å². The molecule has 0 spiro atoms. The van der Waals surface area contributed by atoms with Crippen molar-refractivity contribution in [3.05, 3.63) is 29.3 Å². The van der Waals surface area contributed by atoms with Crippen LogP contribution in [0.5, 0.6) is 5.75 Å². The van der Waals surface area contributed by atoms with Crippen molar-refractivity contribution in [1.29, 1.82) is 0 Å². The lowest BCUT2D eigenvalue weighted by Crippen LogP contribution is -2.23. The van der Waals surface area contributed by atoms with E-state index in [1.54, 1.807) is 0 Å². The molecule has 4 heteroatoms. The molecule has 1 fully saturated rings. The predicted octanol–water partition coefficient (Wildman–Crippen LogP) is 8.20. The molecule has 0 saturated heterocycles. The summed E-state index contributed by atoms with van der Waals surface area (Å²) < 4.78 is 34.4. The second-order valence-electron chi connectivity index (χ2n) is 9.32. The lowest BCUT2D eigenvalue weighted by molar-refractivity contribution is -0.123. The van der Waals surface area contributed by atoms with E-state index < -0.39 is 11.6 Å². The van der Waals surface area contributed by atoms with Gasteiger partial charge >= 0.3 is 0 Å². The zero-order chi connectivity index (χ0) is 22.5. The summed E-state index contributed by atoms with van der Waals surface area (Å²) in [5.74, 6) is -1.17. The van der Waals surface area contributed by atoms with Gasteiger partial charge in [-0.3, -0.25) is 4.79 Å². The number of carbonyl (C=O) groups is 1. The first-order valence-electron chi connectivity index (χ1n) is 12.7. The Morgan fingerprint density at radius 2 is 1.52 bits per heavy atom. The molecule has 0 radical (unpaired) electrons. The van der Waals surface area contributed by atoms with Crippen LogP contribution < -0.4 is 4.74 Å². The molecule has 1 aromatic rings. The van der Waals surface area contributed by atoms with Crippen LogP contribution >= 0.6 is 0 Å². The standard InChI is InChI=1S/C27H42F2O2/c1-3-5-7-8-9-11-19-31-25-18-17-23(26(28)27(25)29)20-24(30)22-15-13-21(14-16-22)12-10-6-4-2/h17-18,21-22H,3-16,19-20H2,1-2H3/t21-,22-. The monoisotopic (exact) mass is 436 g/mol. The average molecular weight is 437 g/mol. The summed E-state index contributed by atoms with van der Waals surface area (Å²) in [6.45, 7) is 4.78. The van der Waals surface area contributed by atoms with Crippen LogP contribution in [0.2, 0.25) is 0 Å². The number of Topliss-reactive ketones (excluding diaryl/α,β-unsaturated/α-hetero) is 1. The van der Waals surface area contributed by atoms with E-state index in [1.807, 2.05) is 0 Å². The lowest BCUT2D eigenvalue weighted by Gasteiger charge is -2.27. The van der Waals surface area contributed by atoms with Gasteiger partial charge in [-0.25, -0.2) is 4.39 Å². The maximum atomic E-state index is 14.5. The summed E-state index contributed by atoms with van der Waals surface area (Å²) in [7, 11) is 0. The molecule has 1 saturated carbocycles. The van der Waals surface area contributed by atoms with Gasteiger partial charge in [-0.1, -0.05) is 77.7 Å². The molecular weight excluding hydrogens is 394 g/mol. The SMILES string of the molecule is CCCCCCCCOc1ccc(CC(=O)[C@H]2CC[C@H](CCCCC)CC2)c(F)c1F. The molecule has 1 aliphatic carbocycles. The Labute approximate surface area is 188 Å². The van der Waals surface area contributed by atoms with Gasteiger partial charge in [-0.15, -0.1) is 0 Å². The molecule has 2 nitrogen and oxygen atoms in total. The van der Waals surface area contributed by atoms with Crippen molar-refractivity contribution >= 4 is 5.78 Å². The predicted molar refractivity (Wildman–Crippen MR) is 124 cm³/mol. The third kappa shape index (κ3) is 8.90. The molecule has 0 amide bonds. The van der Waals surface area contributed by atoms with Gasteiger partial charge in [0, 0.05) is 12.3 Å². The molecule has 0 N–H and O–H groups in total. The Balaban J connectivity index is 1.76. The van der Waals surface area contributed by atoms with Crippen molar-refractivity contribution in [2.45, 2.75) is 110 Å². The Morgan fingerprint density at radius 3 is 2.23 bits per heavy atom. The Morgan fingerprint density at radius 1 is 0.871 bits per heavy atom. The summed E-state index contributed by atoms with van der Waals surface area (Å²) in [6.07, 6.45) is 15.7. The van der Waals surface area contributed by atoms with E-state index in [1.165, 1.54) is 57.1 Å². The Bertz CT molecular complexity index is 651. The summed E-state index contributed by atoms with van der Waals surface area (Å²) in [6, 6.07) is 2.99. The molecular formula is C27H42F2O2. The highest BCUT2D eigenvalue weighted by Gasteiger charge is 2.27. The fourth-order valence-electron chi connectivity index (χ4n) is 4.67. The van der Waals surface area contributed by atoms with Crippen LogP contribution in [0, 0.1) is 23.5 Å². The Kier molecular flexibility index (Phi) is 12.1. The van der Waals surface area contributed by atoms with Crippen LogP contribution in [0.4, 0.5) is 8.78 Å². The number of halogens is 2. The molecule has 2 rings (SSSR count). The third-order valence-corrected chi connectivity index (χ3v) is 6.77. The van der Waals surface area contributed by atoms with Crippen molar-refractivity contribution in [1.82, 2.24) is 0 Å². The van der Waals surface area contributed by atoms with Gasteiger partial charge in [0.25, 0.3) is 0 Å². The molecule has 0 aliphatic heterocycles. The lowest BCUT2D eigenvalue weighted by atomic mass is 9.77. The normalized spacial score (nSPS) is 18.8. The number of hydrogen-bond acceptors (Lipinski definition) is 2. The van der Waals surface area contributed by atoms with E-state index in [0.717, 1.165) is 50.9 Å². The minimum atomic E-state index is -0.962. The van der Waals surface area contributed by atoms with Crippen LogP contribution in [-0.2, 0) is 11.2 Å². The quantitative estimate of drug-likeness (QED) is 0.259. The van der Waals surface area contributed by atoms with Crippen molar-refractivity contribution < 1.29 is 18.3 Å². The summed E-state index contributed by atoms with van der Waals surface area (Å²) >= 11 is 0. The first-order valence-corrected chi connectivity index (χ1v) is 12.7. The first-order chi connectivity index (χ1) is 15.1. The highest BCUT2D eigenvalue weighted by Crippen LogP contribution is 2.33. The smallest absolute Gasteiger partial charge is 0.200 e. The summed E-state index contributed by atoms with van der Waals surface area (Å²) in [5.41, 5.74) is 0.152. The number of ether oxygens (including phenoxy) is 1. The van der Waals surface area contributed by atoms with Crippen molar-refractivity contribution in [2.24, 2.45) is 11.8 Å². The number of rotatable bonds is 15. The molecule has 0 heterocycles. The third-order valence-electron chi connectivity index (χ3n) is 6.77. The number of unbranched alkanes of at least 4 members (excludes halogenated alkanes) is 7.